The number of anilines is 2. The van der Waals surface area contributed by atoms with Gasteiger partial charge in [-0.1, -0.05) is 23.7 Å². The molecule has 2 aromatic rings. The van der Waals surface area contributed by atoms with Crippen molar-refractivity contribution >= 4 is 28.9 Å². The molecule has 0 aromatic heterocycles. The summed E-state index contributed by atoms with van der Waals surface area (Å²) in [5.41, 5.74) is 1.23. The number of halogens is 1. The van der Waals surface area contributed by atoms with Gasteiger partial charge in [0.05, 0.1) is 32.0 Å². The summed E-state index contributed by atoms with van der Waals surface area (Å²) in [5.74, 6) is 1.27. The molecule has 0 bridgehead atoms. The van der Waals surface area contributed by atoms with E-state index < -0.39 is 6.04 Å². The zero-order valence-corrected chi connectivity index (χ0v) is 15.3. The number of nitrogens with one attached hydrogen (secondary N) is 2. The van der Waals surface area contributed by atoms with E-state index in [1.165, 1.54) is 21.3 Å². The molecule has 2 rings (SSSR count). The first-order valence-electron chi connectivity index (χ1n) is 7.62. The van der Waals surface area contributed by atoms with Crippen LogP contribution in [0.15, 0.2) is 36.4 Å². The Morgan fingerprint density at radius 1 is 1.04 bits per heavy atom. The summed E-state index contributed by atoms with van der Waals surface area (Å²) in [5, 5.41) is 6.38. The van der Waals surface area contributed by atoms with Gasteiger partial charge in [-0.05, 0) is 19.1 Å². The number of rotatable bonds is 7. The maximum absolute atomic E-state index is 12.4. The van der Waals surface area contributed by atoms with Crippen molar-refractivity contribution in [1.82, 2.24) is 0 Å². The lowest BCUT2D eigenvalue weighted by molar-refractivity contribution is -0.116. The van der Waals surface area contributed by atoms with E-state index in [9.17, 15) is 4.79 Å². The second kappa shape index (κ2) is 8.48. The third kappa shape index (κ3) is 4.48. The fourth-order valence-corrected chi connectivity index (χ4v) is 2.47. The van der Waals surface area contributed by atoms with Gasteiger partial charge in [0.15, 0.2) is 11.5 Å². The van der Waals surface area contributed by atoms with Crippen LogP contribution >= 0.6 is 11.6 Å². The molecule has 0 spiro atoms. The predicted molar refractivity (Wildman–Crippen MR) is 99.3 cm³/mol. The molecule has 0 aliphatic carbocycles. The highest BCUT2D eigenvalue weighted by Crippen LogP contribution is 2.40. The molecule has 0 aliphatic rings. The van der Waals surface area contributed by atoms with E-state index in [4.69, 9.17) is 25.8 Å². The highest BCUT2D eigenvalue weighted by atomic mass is 35.5. The molecule has 2 N–H and O–H groups in total. The van der Waals surface area contributed by atoms with Crippen LogP contribution in [0, 0.1) is 0 Å². The Morgan fingerprint density at radius 3 is 2.16 bits per heavy atom. The quantitative estimate of drug-likeness (QED) is 0.782. The van der Waals surface area contributed by atoms with Crippen molar-refractivity contribution in [1.29, 1.82) is 0 Å². The summed E-state index contributed by atoms with van der Waals surface area (Å²) in [6, 6.07) is 10.0. The van der Waals surface area contributed by atoms with Gasteiger partial charge in [0.25, 0.3) is 0 Å². The maximum atomic E-state index is 12.4. The van der Waals surface area contributed by atoms with E-state index in [2.05, 4.69) is 10.6 Å². The maximum Gasteiger partial charge on any atom is 0.246 e. The van der Waals surface area contributed by atoms with Crippen LogP contribution in [-0.2, 0) is 4.79 Å². The van der Waals surface area contributed by atoms with Gasteiger partial charge in [-0.3, -0.25) is 4.79 Å². The molecular weight excluding hydrogens is 344 g/mol. The highest BCUT2D eigenvalue weighted by Gasteiger charge is 2.17. The van der Waals surface area contributed by atoms with Crippen LogP contribution in [0.5, 0.6) is 17.2 Å². The molecule has 25 heavy (non-hydrogen) atoms. The summed E-state index contributed by atoms with van der Waals surface area (Å²) in [6.45, 7) is 1.75. The normalized spacial score (nSPS) is 11.4. The third-order valence-corrected chi connectivity index (χ3v) is 3.90. The summed E-state index contributed by atoms with van der Waals surface area (Å²) >= 11 is 6.06. The van der Waals surface area contributed by atoms with Crippen LogP contribution in [0.4, 0.5) is 11.4 Å². The van der Waals surface area contributed by atoms with Gasteiger partial charge < -0.3 is 24.8 Å². The molecule has 7 heteroatoms. The highest BCUT2D eigenvalue weighted by molar-refractivity contribution is 6.33. The van der Waals surface area contributed by atoms with E-state index in [0.717, 1.165) is 0 Å². The van der Waals surface area contributed by atoms with E-state index in [0.29, 0.717) is 33.6 Å². The summed E-state index contributed by atoms with van der Waals surface area (Å²) in [7, 11) is 4.61. The minimum absolute atomic E-state index is 0.221. The van der Waals surface area contributed by atoms with Crippen LogP contribution < -0.4 is 24.8 Å². The molecule has 0 fully saturated rings. The van der Waals surface area contributed by atoms with Crippen LogP contribution in [0.25, 0.3) is 0 Å². The van der Waals surface area contributed by atoms with E-state index in [1.54, 1.807) is 43.3 Å². The van der Waals surface area contributed by atoms with Crippen molar-refractivity contribution in [2.24, 2.45) is 0 Å². The first kappa shape index (κ1) is 18.7. The zero-order valence-electron chi connectivity index (χ0n) is 14.6. The van der Waals surface area contributed by atoms with Gasteiger partial charge >= 0.3 is 0 Å². The molecule has 6 nitrogen and oxygen atoms in total. The number of ether oxygens (including phenoxy) is 3. The van der Waals surface area contributed by atoms with Crippen LogP contribution in [-0.4, -0.2) is 33.3 Å². The number of para-hydroxylation sites is 1. The Hall–Kier alpha value is -2.60. The first-order valence-corrected chi connectivity index (χ1v) is 7.99. The lowest BCUT2D eigenvalue weighted by Crippen LogP contribution is -2.32. The fraction of sp³-hybridized carbons (Fsp3) is 0.278. The van der Waals surface area contributed by atoms with Gasteiger partial charge in [0.1, 0.15) is 6.04 Å². The molecule has 1 amide bonds. The van der Waals surface area contributed by atoms with Crippen molar-refractivity contribution in [3.63, 3.8) is 0 Å². The smallest absolute Gasteiger partial charge is 0.246 e. The molecule has 0 saturated heterocycles. The molecule has 1 atom stereocenters. The monoisotopic (exact) mass is 364 g/mol. The number of carbonyl (C=O) groups is 1. The Labute approximate surface area is 152 Å². The topological polar surface area (TPSA) is 68.8 Å². The number of carbonyl (C=O) groups excluding carboxylic acids is 1. The number of hydrogen-bond acceptors (Lipinski definition) is 5. The minimum atomic E-state index is -0.515. The van der Waals surface area contributed by atoms with Gasteiger partial charge in [0, 0.05) is 17.8 Å². The van der Waals surface area contributed by atoms with Crippen molar-refractivity contribution in [2.75, 3.05) is 32.0 Å². The Bertz CT molecular complexity index is 727. The largest absolute Gasteiger partial charge is 0.493 e. The number of amides is 1. The van der Waals surface area contributed by atoms with Crippen molar-refractivity contribution in [3.8, 4) is 17.2 Å². The molecule has 2 aromatic carbocycles. The molecule has 134 valence electrons. The fourth-order valence-electron chi connectivity index (χ4n) is 2.28. The van der Waals surface area contributed by atoms with Gasteiger partial charge in [-0.25, -0.2) is 0 Å². The zero-order chi connectivity index (χ0) is 18.4. The molecule has 0 heterocycles. The van der Waals surface area contributed by atoms with Crippen LogP contribution in [0.3, 0.4) is 0 Å². The molecular formula is C18H21ClN2O4. The van der Waals surface area contributed by atoms with Gasteiger partial charge in [0.2, 0.25) is 11.7 Å². The Morgan fingerprint density at radius 2 is 1.64 bits per heavy atom. The predicted octanol–water partition coefficient (Wildman–Crippen LogP) is 3.80. The second-order valence-corrected chi connectivity index (χ2v) is 5.66. The Balaban J connectivity index is 2.15. The summed E-state index contributed by atoms with van der Waals surface area (Å²) in [4.78, 5) is 12.4. The first-order chi connectivity index (χ1) is 12.0. The number of benzene rings is 2. The lowest BCUT2D eigenvalue weighted by Gasteiger charge is -2.18. The summed E-state index contributed by atoms with van der Waals surface area (Å²) in [6.07, 6.45) is 0. The standard InChI is InChI=1S/C18H21ClN2O4/c1-11(18(22)21-14-8-6-5-7-13(14)19)20-12-9-15(23-2)17(25-4)16(10-12)24-3/h5-11,20H,1-4H3,(H,21,22). The van der Waals surface area contributed by atoms with Gasteiger partial charge in [-0.2, -0.15) is 0 Å². The van der Waals surface area contributed by atoms with E-state index in [1.807, 2.05) is 0 Å². The van der Waals surface area contributed by atoms with Crippen molar-refractivity contribution in [3.05, 3.63) is 41.4 Å². The molecule has 1 unspecified atom stereocenters. The molecule has 0 saturated carbocycles. The average molecular weight is 365 g/mol. The summed E-state index contributed by atoms with van der Waals surface area (Å²) < 4.78 is 15.9. The minimum Gasteiger partial charge on any atom is -0.493 e. The SMILES string of the molecule is COc1cc(NC(C)C(=O)Nc2ccccc2Cl)cc(OC)c1OC. The third-order valence-electron chi connectivity index (χ3n) is 3.57. The van der Waals surface area contributed by atoms with E-state index in [-0.39, 0.29) is 5.91 Å². The molecule has 0 radical (unpaired) electrons. The van der Waals surface area contributed by atoms with Crippen molar-refractivity contribution < 1.29 is 19.0 Å². The Kier molecular flexibility index (Phi) is 6.36. The number of hydrogen-bond donors (Lipinski definition) is 2. The van der Waals surface area contributed by atoms with Crippen LogP contribution in [0.2, 0.25) is 5.02 Å². The van der Waals surface area contributed by atoms with Crippen LogP contribution in [0.1, 0.15) is 6.92 Å². The number of methoxy groups -OCH3 is 3. The lowest BCUT2D eigenvalue weighted by atomic mass is 10.2. The molecule has 0 aliphatic heterocycles. The average Bonchev–Trinajstić information content (AvgIpc) is 2.62. The van der Waals surface area contributed by atoms with E-state index >= 15 is 0 Å². The van der Waals surface area contributed by atoms with Crippen molar-refractivity contribution in [2.45, 2.75) is 13.0 Å². The van der Waals surface area contributed by atoms with Gasteiger partial charge in [-0.15, -0.1) is 0 Å². The second-order valence-electron chi connectivity index (χ2n) is 5.25.